The van der Waals surface area contributed by atoms with Crippen LogP contribution >= 0.6 is 24.0 Å². The van der Waals surface area contributed by atoms with Gasteiger partial charge in [-0.1, -0.05) is 72.5 Å². The van der Waals surface area contributed by atoms with E-state index in [-0.39, 0.29) is 15.1 Å². The van der Waals surface area contributed by atoms with E-state index in [1.807, 2.05) is 54.6 Å². The van der Waals surface area contributed by atoms with Gasteiger partial charge in [0.15, 0.2) is 0 Å². The number of nitrogens with one attached hydrogen (secondary N) is 1. The average molecular weight is 548 g/mol. The van der Waals surface area contributed by atoms with Crippen LogP contribution in [0.5, 0.6) is 0 Å². The second-order valence-corrected chi connectivity index (χ2v) is 11.8. The highest BCUT2D eigenvalue weighted by molar-refractivity contribution is 8.26. The van der Waals surface area contributed by atoms with Crippen molar-refractivity contribution in [3.8, 4) is 0 Å². The van der Waals surface area contributed by atoms with E-state index in [1.54, 1.807) is 6.92 Å². The number of primary sulfonamides is 1. The molecular formula is C27H21N3O4S3. The lowest BCUT2D eigenvalue weighted by molar-refractivity contribution is -0.129. The first-order valence-electron chi connectivity index (χ1n) is 11.2. The average Bonchev–Trinajstić information content (AvgIpc) is 3.15. The maximum absolute atomic E-state index is 13.4. The van der Waals surface area contributed by atoms with Crippen LogP contribution in [-0.4, -0.2) is 35.5 Å². The number of nitrogens with zero attached hydrogens (tertiary/aromatic N) is 1. The Labute approximate surface area is 223 Å². The molecule has 10 heteroatoms. The number of thioether (sulfide) groups is 1. The summed E-state index contributed by atoms with van der Waals surface area (Å²) >= 11 is 6.65. The van der Waals surface area contributed by atoms with E-state index in [4.69, 9.17) is 17.4 Å². The fraction of sp³-hybridized carbons (Fsp3) is 0.0741. The highest BCUT2D eigenvalue weighted by atomic mass is 32.2. The van der Waals surface area contributed by atoms with Crippen molar-refractivity contribution >= 4 is 83.4 Å². The highest BCUT2D eigenvalue weighted by Crippen LogP contribution is 2.37. The molecular weight excluding hydrogens is 527 g/mol. The van der Waals surface area contributed by atoms with Gasteiger partial charge in [0.1, 0.15) is 10.4 Å². The van der Waals surface area contributed by atoms with Gasteiger partial charge < -0.3 is 5.32 Å². The molecule has 0 aromatic heterocycles. The number of amides is 2. The standard InChI is InChI=1S/C27H21N3O4S3/c1-16(25(31)29-19-10-12-20(13-11-19)37(28,33)34)30-26(32)24(36-27(30)35)15-23-21-8-4-2-6-17(21)14-18-7-3-5-9-22(18)23/h2-16H,1H3,(H,29,31)(H2,28,33,34)/b24-15-. The third-order valence-corrected chi connectivity index (χ3v) is 8.39. The largest absolute Gasteiger partial charge is 0.324 e. The summed E-state index contributed by atoms with van der Waals surface area (Å²) in [6.45, 7) is 1.59. The molecule has 1 aliphatic rings. The maximum atomic E-state index is 13.4. The number of carbonyl (C=O) groups is 2. The van der Waals surface area contributed by atoms with Crippen LogP contribution < -0.4 is 10.5 Å². The molecule has 2 amide bonds. The molecule has 0 bridgehead atoms. The fourth-order valence-electron chi connectivity index (χ4n) is 4.24. The molecule has 0 saturated carbocycles. The van der Waals surface area contributed by atoms with Gasteiger partial charge in [-0.05, 0) is 70.4 Å². The molecule has 1 saturated heterocycles. The Bertz CT molecular complexity index is 1680. The summed E-state index contributed by atoms with van der Waals surface area (Å²) in [6.07, 6.45) is 1.85. The van der Waals surface area contributed by atoms with E-state index in [9.17, 15) is 18.0 Å². The summed E-state index contributed by atoms with van der Waals surface area (Å²) < 4.78 is 23.2. The number of rotatable bonds is 5. The second kappa shape index (κ2) is 9.71. The second-order valence-electron chi connectivity index (χ2n) is 8.52. The van der Waals surface area contributed by atoms with Crippen molar-refractivity contribution in [2.75, 3.05) is 5.32 Å². The number of carbonyl (C=O) groups excluding carboxylic acids is 2. The summed E-state index contributed by atoms with van der Waals surface area (Å²) in [5.74, 6) is -0.809. The summed E-state index contributed by atoms with van der Waals surface area (Å²) in [5.41, 5.74) is 1.29. The number of hydrogen-bond donors (Lipinski definition) is 2. The van der Waals surface area contributed by atoms with Crippen LogP contribution in [0.3, 0.4) is 0 Å². The minimum absolute atomic E-state index is 0.0680. The van der Waals surface area contributed by atoms with Crippen molar-refractivity contribution in [1.29, 1.82) is 0 Å². The van der Waals surface area contributed by atoms with Crippen LogP contribution in [0.15, 0.2) is 88.7 Å². The Kier molecular flexibility index (Phi) is 6.59. The molecule has 1 fully saturated rings. The molecule has 1 heterocycles. The van der Waals surface area contributed by atoms with Gasteiger partial charge in [0.25, 0.3) is 5.91 Å². The van der Waals surface area contributed by atoms with Gasteiger partial charge in [-0.2, -0.15) is 0 Å². The van der Waals surface area contributed by atoms with Crippen LogP contribution in [0, 0.1) is 0 Å². The zero-order valence-corrected chi connectivity index (χ0v) is 22.0. The quantitative estimate of drug-likeness (QED) is 0.210. The molecule has 7 nitrogen and oxygen atoms in total. The molecule has 4 aromatic carbocycles. The Morgan fingerprint density at radius 1 is 1.00 bits per heavy atom. The molecule has 0 aliphatic carbocycles. The number of fused-ring (bicyclic) bond motifs is 2. The summed E-state index contributed by atoms with van der Waals surface area (Å²) in [6, 6.07) is 22.7. The molecule has 1 unspecified atom stereocenters. The summed E-state index contributed by atoms with van der Waals surface area (Å²) in [5, 5.41) is 12.0. The lowest BCUT2D eigenvalue weighted by atomic mass is 9.96. The van der Waals surface area contributed by atoms with Crippen LogP contribution in [0.4, 0.5) is 5.69 Å². The number of benzene rings is 4. The van der Waals surface area contributed by atoms with Crippen LogP contribution in [0.2, 0.25) is 0 Å². The topological polar surface area (TPSA) is 110 Å². The van der Waals surface area contributed by atoms with Crippen molar-refractivity contribution in [2.24, 2.45) is 5.14 Å². The van der Waals surface area contributed by atoms with Crippen molar-refractivity contribution in [1.82, 2.24) is 4.90 Å². The Balaban J connectivity index is 1.43. The van der Waals surface area contributed by atoms with Crippen molar-refractivity contribution in [3.63, 3.8) is 0 Å². The van der Waals surface area contributed by atoms with E-state index in [0.717, 1.165) is 38.9 Å². The normalized spacial score (nSPS) is 16.1. The minimum atomic E-state index is -3.84. The Hall–Kier alpha value is -3.57. The zero-order chi connectivity index (χ0) is 26.3. The molecule has 5 rings (SSSR count). The third kappa shape index (κ3) is 4.88. The SMILES string of the molecule is CC(C(=O)Nc1ccc(S(N)(=O)=O)cc1)N1C(=O)/C(=C/c2c3ccccc3cc3ccccc23)SC1=S. The lowest BCUT2D eigenvalue weighted by Gasteiger charge is -2.22. The number of sulfonamides is 1. The van der Waals surface area contributed by atoms with E-state index < -0.39 is 22.0 Å². The molecule has 1 atom stereocenters. The van der Waals surface area contributed by atoms with E-state index in [1.165, 1.54) is 29.2 Å². The van der Waals surface area contributed by atoms with E-state index in [2.05, 4.69) is 11.4 Å². The predicted octanol–water partition coefficient (Wildman–Crippen LogP) is 4.87. The van der Waals surface area contributed by atoms with Crippen LogP contribution in [0.25, 0.3) is 27.6 Å². The van der Waals surface area contributed by atoms with Gasteiger partial charge in [-0.15, -0.1) is 0 Å². The Morgan fingerprint density at radius 3 is 2.14 bits per heavy atom. The smallest absolute Gasteiger partial charge is 0.266 e. The monoisotopic (exact) mass is 547 g/mol. The van der Waals surface area contributed by atoms with Crippen LogP contribution in [-0.2, 0) is 19.6 Å². The number of hydrogen-bond acceptors (Lipinski definition) is 6. The first-order chi connectivity index (χ1) is 17.6. The van der Waals surface area contributed by atoms with E-state index >= 15 is 0 Å². The van der Waals surface area contributed by atoms with Gasteiger partial charge in [-0.25, -0.2) is 13.6 Å². The molecule has 0 radical (unpaired) electrons. The molecule has 0 spiro atoms. The fourth-order valence-corrected chi connectivity index (χ4v) is 6.16. The summed E-state index contributed by atoms with van der Waals surface area (Å²) in [7, 11) is -3.84. The van der Waals surface area contributed by atoms with E-state index in [0.29, 0.717) is 10.6 Å². The number of anilines is 1. The number of nitrogens with two attached hydrogens (primary N) is 1. The van der Waals surface area contributed by atoms with Crippen molar-refractivity contribution in [2.45, 2.75) is 17.9 Å². The molecule has 4 aromatic rings. The predicted molar refractivity (Wildman–Crippen MR) is 152 cm³/mol. The van der Waals surface area contributed by atoms with Crippen molar-refractivity contribution in [3.05, 3.63) is 89.3 Å². The minimum Gasteiger partial charge on any atom is -0.324 e. The first-order valence-corrected chi connectivity index (χ1v) is 14.0. The van der Waals surface area contributed by atoms with Crippen molar-refractivity contribution < 1.29 is 18.0 Å². The highest BCUT2D eigenvalue weighted by Gasteiger charge is 2.38. The zero-order valence-electron chi connectivity index (χ0n) is 19.5. The molecule has 37 heavy (non-hydrogen) atoms. The lowest BCUT2D eigenvalue weighted by Crippen LogP contribution is -2.44. The van der Waals surface area contributed by atoms with Crippen LogP contribution in [0.1, 0.15) is 12.5 Å². The van der Waals surface area contributed by atoms with Gasteiger partial charge in [-0.3, -0.25) is 14.5 Å². The van der Waals surface area contributed by atoms with Gasteiger partial charge in [0.05, 0.1) is 9.80 Å². The Morgan fingerprint density at radius 2 is 1.57 bits per heavy atom. The molecule has 1 aliphatic heterocycles. The number of thiocarbonyl (C=S) groups is 1. The molecule has 3 N–H and O–H groups in total. The maximum Gasteiger partial charge on any atom is 0.266 e. The first kappa shape index (κ1) is 25.1. The van der Waals surface area contributed by atoms with Gasteiger partial charge >= 0.3 is 0 Å². The van der Waals surface area contributed by atoms with Gasteiger partial charge in [0, 0.05) is 5.69 Å². The van der Waals surface area contributed by atoms with Gasteiger partial charge in [0.2, 0.25) is 15.9 Å². The molecule has 186 valence electrons. The summed E-state index contributed by atoms with van der Waals surface area (Å²) in [4.78, 5) is 28.1. The third-order valence-electron chi connectivity index (χ3n) is 6.13.